The summed E-state index contributed by atoms with van der Waals surface area (Å²) >= 11 is 0. The minimum Gasteiger partial charge on any atom is -0.447 e. The number of anilines is 1. The van der Waals surface area contributed by atoms with Gasteiger partial charge < -0.3 is 15.0 Å². The molecule has 2 saturated heterocycles. The standard InChI is InChI=1S/C25H25N3O3/c29-24(26-21-11-10-18-6-4-5-9-20(18)16-21)27-14-12-22(13-15-27)28-23(17-31-25(28)30)19-7-2-1-3-8-19/h1-11,16,22-23H,12-15,17H2,(H,26,29)/t23-/m0/s1. The van der Waals surface area contributed by atoms with Crippen LogP contribution in [0, 0.1) is 0 Å². The van der Waals surface area contributed by atoms with Crippen LogP contribution in [-0.4, -0.2) is 47.7 Å². The van der Waals surface area contributed by atoms with E-state index in [1.54, 1.807) is 0 Å². The van der Waals surface area contributed by atoms with Crippen LogP contribution < -0.4 is 5.32 Å². The van der Waals surface area contributed by atoms with E-state index in [2.05, 4.69) is 11.4 Å². The van der Waals surface area contributed by atoms with Gasteiger partial charge >= 0.3 is 12.1 Å². The lowest BCUT2D eigenvalue weighted by Crippen LogP contribution is -2.48. The molecule has 2 aliphatic rings. The van der Waals surface area contributed by atoms with Gasteiger partial charge in [0.1, 0.15) is 6.61 Å². The van der Waals surface area contributed by atoms with Crippen LogP contribution in [0.3, 0.4) is 0 Å². The number of amides is 3. The summed E-state index contributed by atoms with van der Waals surface area (Å²) in [5.41, 5.74) is 1.88. The molecule has 2 aliphatic heterocycles. The number of urea groups is 1. The molecule has 3 aromatic rings. The number of likely N-dealkylation sites (tertiary alicyclic amines) is 1. The van der Waals surface area contributed by atoms with Gasteiger partial charge in [-0.2, -0.15) is 0 Å². The Morgan fingerprint density at radius 3 is 2.39 bits per heavy atom. The summed E-state index contributed by atoms with van der Waals surface area (Å²) < 4.78 is 5.37. The number of hydrogen-bond donors (Lipinski definition) is 1. The molecular weight excluding hydrogens is 390 g/mol. The van der Waals surface area contributed by atoms with Crippen molar-refractivity contribution in [3.05, 3.63) is 78.4 Å². The first kappa shape index (κ1) is 19.4. The van der Waals surface area contributed by atoms with E-state index in [0.717, 1.165) is 34.9 Å². The quantitative estimate of drug-likeness (QED) is 0.653. The Balaban J connectivity index is 1.22. The maximum Gasteiger partial charge on any atom is 0.410 e. The summed E-state index contributed by atoms with van der Waals surface area (Å²) in [6.45, 7) is 1.59. The van der Waals surface area contributed by atoms with Crippen molar-refractivity contribution in [2.24, 2.45) is 0 Å². The molecular formula is C25H25N3O3. The van der Waals surface area contributed by atoms with Gasteiger partial charge in [-0.1, -0.05) is 60.7 Å². The average Bonchev–Trinajstić information content (AvgIpc) is 3.21. The Morgan fingerprint density at radius 1 is 0.903 bits per heavy atom. The number of carbonyl (C=O) groups is 2. The molecule has 0 unspecified atom stereocenters. The summed E-state index contributed by atoms with van der Waals surface area (Å²) in [6.07, 6.45) is 1.22. The fourth-order valence-corrected chi connectivity index (χ4v) is 4.58. The predicted molar refractivity (Wildman–Crippen MR) is 120 cm³/mol. The molecule has 2 heterocycles. The summed E-state index contributed by atoms with van der Waals surface area (Å²) in [4.78, 5) is 28.9. The molecule has 0 spiro atoms. The minimum absolute atomic E-state index is 0.0586. The zero-order valence-electron chi connectivity index (χ0n) is 17.2. The second-order valence-electron chi connectivity index (χ2n) is 8.12. The number of nitrogens with one attached hydrogen (secondary N) is 1. The monoisotopic (exact) mass is 415 g/mol. The molecule has 0 aromatic heterocycles. The predicted octanol–water partition coefficient (Wildman–Crippen LogP) is 5.03. The third-order valence-corrected chi connectivity index (χ3v) is 6.24. The molecule has 0 saturated carbocycles. The lowest BCUT2D eigenvalue weighted by atomic mass is 9.99. The summed E-state index contributed by atoms with van der Waals surface area (Å²) in [5.74, 6) is 0. The van der Waals surface area contributed by atoms with Crippen LogP contribution in [-0.2, 0) is 4.74 Å². The number of cyclic esters (lactones) is 1. The third kappa shape index (κ3) is 3.93. The Bertz CT molecular complexity index is 1090. The Hall–Kier alpha value is -3.54. The number of benzene rings is 3. The van der Waals surface area contributed by atoms with Crippen molar-refractivity contribution in [1.29, 1.82) is 0 Å². The normalized spacial score (nSPS) is 19.5. The average molecular weight is 415 g/mol. The minimum atomic E-state index is -0.257. The van der Waals surface area contributed by atoms with Crippen LogP contribution in [0.15, 0.2) is 72.8 Å². The Morgan fingerprint density at radius 2 is 1.61 bits per heavy atom. The number of hydrogen-bond acceptors (Lipinski definition) is 3. The third-order valence-electron chi connectivity index (χ3n) is 6.24. The van der Waals surface area contributed by atoms with E-state index in [-0.39, 0.29) is 24.2 Å². The van der Waals surface area contributed by atoms with Crippen LogP contribution in [0.4, 0.5) is 15.3 Å². The van der Waals surface area contributed by atoms with Crippen LogP contribution >= 0.6 is 0 Å². The van der Waals surface area contributed by atoms with Crippen molar-refractivity contribution in [3.63, 3.8) is 0 Å². The summed E-state index contributed by atoms with van der Waals surface area (Å²) in [6, 6.07) is 23.9. The maximum absolute atomic E-state index is 12.8. The number of nitrogens with zero attached hydrogens (tertiary/aromatic N) is 2. The van der Waals surface area contributed by atoms with Gasteiger partial charge in [0.25, 0.3) is 0 Å². The second-order valence-corrected chi connectivity index (χ2v) is 8.12. The molecule has 0 bridgehead atoms. The molecule has 6 nitrogen and oxygen atoms in total. The largest absolute Gasteiger partial charge is 0.447 e. The van der Waals surface area contributed by atoms with Crippen LogP contribution in [0.25, 0.3) is 10.8 Å². The highest BCUT2D eigenvalue weighted by atomic mass is 16.6. The zero-order valence-corrected chi connectivity index (χ0v) is 17.2. The van der Waals surface area contributed by atoms with Gasteiger partial charge in [0.2, 0.25) is 0 Å². The lowest BCUT2D eigenvalue weighted by molar-refractivity contribution is 0.116. The highest BCUT2D eigenvalue weighted by Crippen LogP contribution is 2.33. The highest BCUT2D eigenvalue weighted by Gasteiger charge is 2.40. The van der Waals surface area contributed by atoms with Crippen LogP contribution in [0.5, 0.6) is 0 Å². The number of rotatable bonds is 3. The van der Waals surface area contributed by atoms with Crippen molar-refractivity contribution < 1.29 is 14.3 Å². The van der Waals surface area contributed by atoms with E-state index in [9.17, 15) is 9.59 Å². The number of ether oxygens (including phenoxy) is 1. The molecule has 6 heteroatoms. The van der Waals surface area contributed by atoms with Gasteiger partial charge in [0.15, 0.2) is 0 Å². The number of fused-ring (bicyclic) bond motifs is 1. The van der Waals surface area contributed by atoms with Gasteiger partial charge in [-0.3, -0.25) is 4.90 Å². The zero-order chi connectivity index (χ0) is 21.2. The topological polar surface area (TPSA) is 61.9 Å². The molecule has 2 fully saturated rings. The smallest absolute Gasteiger partial charge is 0.410 e. The molecule has 1 N–H and O–H groups in total. The van der Waals surface area contributed by atoms with Crippen molar-refractivity contribution in [2.75, 3.05) is 25.0 Å². The van der Waals surface area contributed by atoms with Crippen LogP contribution in [0.2, 0.25) is 0 Å². The van der Waals surface area contributed by atoms with Crippen molar-refractivity contribution in [2.45, 2.75) is 24.9 Å². The van der Waals surface area contributed by atoms with E-state index in [1.807, 2.05) is 76.5 Å². The molecule has 158 valence electrons. The van der Waals surface area contributed by atoms with Crippen molar-refractivity contribution in [3.8, 4) is 0 Å². The molecule has 0 aliphatic carbocycles. The molecule has 0 radical (unpaired) electrons. The van der Waals surface area contributed by atoms with Crippen molar-refractivity contribution in [1.82, 2.24) is 9.80 Å². The van der Waals surface area contributed by atoms with E-state index >= 15 is 0 Å². The van der Waals surface area contributed by atoms with Crippen LogP contribution in [0.1, 0.15) is 24.4 Å². The number of carbonyl (C=O) groups excluding carboxylic acids is 2. The first-order chi connectivity index (χ1) is 15.2. The fourth-order valence-electron chi connectivity index (χ4n) is 4.58. The van der Waals surface area contributed by atoms with Crippen molar-refractivity contribution >= 4 is 28.6 Å². The van der Waals surface area contributed by atoms with Gasteiger partial charge in [-0.15, -0.1) is 0 Å². The van der Waals surface area contributed by atoms with Gasteiger partial charge in [-0.05, 0) is 41.3 Å². The fraction of sp³-hybridized carbons (Fsp3) is 0.280. The SMILES string of the molecule is O=C(Nc1ccc2ccccc2c1)N1CCC(N2C(=O)OC[C@H]2c2ccccc2)CC1. The molecule has 31 heavy (non-hydrogen) atoms. The van der Waals surface area contributed by atoms with E-state index < -0.39 is 0 Å². The van der Waals surface area contributed by atoms with E-state index in [0.29, 0.717) is 19.7 Å². The second kappa shape index (κ2) is 8.30. The summed E-state index contributed by atoms with van der Waals surface area (Å²) in [5, 5.41) is 5.25. The molecule has 3 amide bonds. The molecule has 3 aromatic carbocycles. The Labute approximate surface area is 181 Å². The first-order valence-corrected chi connectivity index (χ1v) is 10.7. The van der Waals surface area contributed by atoms with Gasteiger partial charge in [0.05, 0.1) is 6.04 Å². The highest BCUT2D eigenvalue weighted by molar-refractivity contribution is 5.93. The van der Waals surface area contributed by atoms with Gasteiger partial charge in [0, 0.05) is 24.8 Å². The van der Waals surface area contributed by atoms with E-state index in [1.165, 1.54) is 0 Å². The summed E-state index contributed by atoms with van der Waals surface area (Å²) in [7, 11) is 0. The maximum atomic E-state index is 12.8. The van der Waals surface area contributed by atoms with Gasteiger partial charge in [-0.25, -0.2) is 9.59 Å². The lowest BCUT2D eigenvalue weighted by Gasteiger charge is -2.37. The molecule has 1 atom stereocenters. The molecule has 5 rings (SSSR count). The van der Waals surface area contributed by atoms with E-state index in [4.69, 9.17) is 4.74 Å². The Kier molecular flexibility index (Phi) is 5.20. The first-order valence-electron chi connectivity index (χ1n) is 10.7. The number of piperidine rings is 1.